The van der Waals surface area contributed by atoms with Gasteiger partial charge in [0, 0.05) is 18.8 Å². The minimum Gasteiger partial charge on any atom is -0.295 e. The molecule has 1 N–H and O–H groups in total. The van der Waals surface area contributed by atoms with E-state index in [-0.39, 0.29) is 0 Å². The zero-order chi connectivity index (χ0) is 15.6. The van der Waals surface area contributed by atoms with Gasteiger partial charge in [0.1, 0.15) is 0 Å². The number of nitrogens with zero attached hydrogens (tertiary/aromatic N) is 5. The molecule has 4 rings (SSSR count). The molecule has 6 heteroatoms. The molecular weight excluding hydrogens is 288 g/mol. The first-order chi connectivity index (χ1) is 11.3. The van der Waals surface area contributed by atoms with Crippen LogP contribution in [0.25, 0.3) is 5.69 Å². The molecular formula is C17H20N6. The van der Waals surface area contributed by atoms with Gasteiger partial charge < -0.3 is 0 Å². The molecule has 23 heavy (non-hydrogen) atoms. The van der Waals surface area contributed by atoms with Crippen LogP contribution in [0.15, 0.2) is 36.5 Å². The second-order valence-corrected chi connectivity index (χ2v) is 6.14. The molecule has 0 spiro atoms. The average molecular weight is 308 g/mol. The number of benzene rings is 1. The first-order valence-corrected chi connectivity index (χ1v) is 8.00. The zero-order valence-electron chi connectivity index (χ0n) is 13.2. The average Bonchev–Trinajstić information content (AvgIpc) is 3.27. The highest BCUT2D eigenvalue weighted by Crippen LogP contribution is 2.23. The Morgan fingerprint density at radius 2 is 2.04 bits per heavy atom. The Bertz CT molecular complexity index is 789. The van der Waals surface area contributed by atoms with Gasteiger partial charge in [0.15, 0.2) is 0 Å². The third-order valence-electron chi connectivity index (χ3n) is 4.31. The van der Waals surface area contributed by atoms with Crippen molar-refractivity contribution in [3.8, 4) is 5.69 Å². The highest BCUT2D eigenvalue weighted by atomic mass is 15.4. The summed E-state index contributed by atoms with van der Waals surface area (Å²) in [5.41, 5.74) is 5.91. The van der Waals surface area contributed by atoms with Gasteiger partial charge in [-0.15, -0.1) is 5.10 Å². The summed E-state index contributed by atoms with van der Waals surface area (Å²) >= 11 is 0. The minimum atomic E-state index is 0.758. The van der Waals surface area contributed by atoms with Crippen molar-refractivity contribution in [1.29, 1.82) is 0 Å². The van der Waals surface area contributed by atoms with Gasteiger partial charge in [0.05, 0.1) is 23.3 Å². The maximum absolute atomic E-state index is 4.46. The molecule has 0 unspecified atom stereocenters. The van der Waals surface area contributed by atoms with E-state index >= 15 is 0 Å². The largest absolute Gasteiger partial charge is 0.295 e. The van der Waals surface area contributed by atoms with Crippen molar-refractivity contribution in [3.05, 3.63) is 59.2 Å². The third-order valence-corrected chi connectivity index (χ3v) is 4.31. The van der Waals surface area contributed by atoms with Crippen molar-refractivity contribution < 1.29 is 0 Å². The Balaban J connectivity index is 1.43. The second-order valence-electron chi connectivity index (χ2n) is 6.14. The van der Waals surface area contributed by atoms with Gasteiger partial charge in [-0.2, -0.15) is 5.10 Å². The normalized spacial score (nSPS) is 13.7. The van der Waals surface area contributed by atoms with Crippen LogP contribution in [0.4, 0.5) is 0 Å². The number of para-hydroxylation sites is 1. The summed E-state index contributed by atoms with van der Waals surface area (Å²) in [4.78, 5) is 2.23. The first-order valence-electron chi connectivity index (χ1n) is 8.00. The molecule has 3 aromatic rings. The van der Waals surface area contributed by atoms with E-state index in [0.717, 1.165) is 37.3 Å². The van der Waals surface area contributed by atoms with Gasteiger partial charge in [-0.1, -0.05) is 23.4 Å². The topological polar surface area (TPSA) is 62.6 Å². The monoisotopic (exact) mass is 308 g/mol. The van der Waals surface area contributed by atoms with Crippen molar-refractivity contribution >= 4 is 0 Å². The van der Waals surface area contributed by atoms with Gasteiger partial charge in [0.25, 0.3) is 0 Å². The molecule has 0 fully saturated rings. The van der Waals surface area contributed by atoms with Crippen molar-refractivity contribution in [3.63, 3.8) is 0 Å². The quantitative estimate of drug-likeness (QED) is 0.784. The molecule has 118 valence electrons. The van der Waals surface area contributed by atoms with Crippen LogP contribution in [0.3, 0.4) is 0 Å². The lowest BCUT2D eigenvalue weighted by molar-refractivity contribution is 0.310. The van der Waals surface area contributed by atoms with Crippen LogP contribution >= 0.6 is 0 Å². The molecule has 0 amide bonds. The number of hydrogen-bond donors (Lipinski definition) is 1. The Labute approximate surface area is 135 Å². The van der Waals surface area contributed by atoms with Gasteiger partial charge in [-0.25, -0.2) is 4.68 Å². The van der Waals surface area contributed by atoms with Crippen molar-refractivity contribution in [1.82, 2.24) is 30.1 Å². The molecule has 0 aliphatic heterocycles. The van der Waals surface area contributed by atoms with Crippen molar-refractivity contribution in [2.24, 2.45) is 0 Å². The predicted octanol–water partition coefficient (Wildman–Crippen LogP) is 2.11. The summed E-state index contributed by atoms with van der Waals surface area (Å²) in [6, 6.07) is 10.0. The lowest BCUT2D eigenvalue weighted by Gasteiger charge is -2.13. The summed E-state index contributed by atoms with van der Waals surface area (Å²) in [6.07, 6.45) is 5.52. The predicted molar refractivity (Wildman–Crippen MR) is 87.1 cm³/mol. The number of H-pyrrole nitrogens is 1. The van der Waals surface area contributed by atoms with Crippen LogP contribution in [0.2, 0.25) is 0 Å². The molecule has 1 aromatic carbocycles. The van der Waals surface area contributed by atoms with Crippen molar-refractivity contribution in [2.75, 3.05) is 7.05 Å². The minimum absolute atomic E-state index is 0.758. The Morgan fingerprint density at radius 3 is 2.91 bits per heavy atom. The van der Waals surface area contributed by atoms with E-state index in [1.807, 2.05) is 41.2 Å². The molecule has 0 saturated carbocycles. The standard InChI is InChI=1S/C17H20N6/c1-22(12-17-15-8-5-9-16(15)19-20-17)10-13-11-23(21-18-13)14-6-3-2-4-7-14/h2-4,6-7,11H,5,8-10,12H2,1H3,(H,19,20). The molecule has 0 radical (unpaired) electrons. The highest BCUT2D eigenvalue weighted by molar-refractivity contribution is 5.30. The summed E-state index contributed by atoms with van der Waals surface area (Å²) in [5.74, 6) is 0. The second kappa shape index (κ2) is 5.96. The van der Waals surface area contributed by atoms with Gasteiger partial charge in [-0.05, 0) is 44.0 Å². The fourth-order valence-corrected chi connectivity index (χ4v) is 3.18. The Kier molecular flexibility index (Phi) is 3.67. The van der Waals surface area contributed by atoms with Gasteiger partial charge in [-0.3, -0.25) is 10.00 Å². The number of aromatic amines is 1. The SMILES string of the molecule is CN(Cc1cn(-c2ccccc2)nn1)Cc1n[nH]c2c1CCC2. The molecule has 0 atom stereocenters. The van der Waals surface area contributed by atoms with E-state index in [9.17, 15) is 0 Å². The van der Waals surface area contributed by atoms with E-state index < -0.39 is 0 Å². The first kappa shape index (κ1) is 14.1. The summed E-state index contributed by atoms with van der Waals surface area (Å²) in [5, 5.41) is 16.1. The van der Waals surface area contributed by atoms with Gasteiger partial charge in [0.2, 0.25) is 0 Å². The lowest BCUT2D eigenvalue weighted by Crippen LogP contribution is -2.18. The molecule has 1 aliphatic carbocycles. The number of rotatable bonds is 5. The van der Waals surface area contributed by atoms with Crippen LogP contribution in [0.5, 0.6) is 0 Å². The fourth-order valence-electron chi connectivity index (χ4n) is 3.18. The van der Waals surface area contributed by atoms with Crippen LogP contribution in [0.1, 0.15) is 29.1 Å². The smallest absolute Gasteiger partial charge is 0.0971 e. The number of nitrogens with one attached hydrogen (secondary N) is 1. The molecule has 0 saturated heterocycles. The number of fused-ring (bicyclic) bond motifs is 1. The van der Waals surface area contributed by atoms with Crippen LogP contribution < -0.4 is 0 Å². The zero-order valence-corrected chi connectivity index (χ0v) is 13.2. The van der Waals surface area contributed by atoms with Gasteiger partial charge >= 0.3 is 0 Å². The fraction of sp³-hybridized carbons (Fsp3) is 0.353. The summed E-state index contributed by atoms with van der Waals surface area (Å²) < 4.78 is 1.81. The van der Waals surface area contributed by atoms with E-state index in [1.165, 1.54) is 23.4 Å². The third kappa shape index (κ3) is 2.90. The van der Waals surface area contributed by atoms with Crippen molar-refractivity contribution in [2.45, 2.75) is 32.4 Å². The van der Waals surface area contributed by atoms with E-state index in [4.69, 9.17) is 0 Å². The Hall–Kier alpha value is -2.47. The van der Waals surface area contributed by atoms with E-state index in [0.29, 0.717) is 0 Å². The van der Waals surface area contributed by atoms with Crippen LogP contribution in [0, 0.1) is 0 Å². The maximum Gasteiger partial charge on any atom is 0.0971 e. The van der Waals surface area contributed by atoms with E-state index in [2.05, 4.69) is 32.5 Å². The summed E-state index contributed by atoms with van der Waals surface area (Å²) in [7, 11) is 2.09. The molecule has 0 bridgehead atoms. The summed E-state index contributed by atoms with van der Waals surface area (Å²) in [6.45, 7) is 1.60. The lowest BCUT2D eigenvalue weighted by atomic mass is 10.2. The Morgan fingerprint density at radius 1 is 1.17 bits per heavy atom. The molecule has 1 aliphatic rings. The van der Waals surface area contributed by atoms with Crippen LogP contribution in [-0.4, -0.2) is 37.1 Å². The molecule has 2 heterocycles. The molecule has 6 nitrogen and oxygen atoms in total. The number of hydrogen-bond acceptors (Lipinski definition) is 4. The maximum atomic E-state index is 4.46. The molecule has 2 aromatic heterocycles. The highest BCUT2D eigenvalue weighted by Gasteiger charge is 2.19. The number of aromatic nitrogens is 5. The van der Waals surface area contributed by atoms with E-state index in [1.54, 1.807) is 0 Å². The van der Waals surface area contributed by atoms with Crippen LogP contribution in [-0.2, 0) is 25.9 Å². The number of aryl methyl sites for hydroxylation is 1.